The van der Waals surface area contributed by atoms with Gasteiger partial charge in [0.05, 0.1) is 10.6 Å². The van der Waals surface area contributed by atoms with Gasteiger partial charge >= 0.3 is 0 Å². The molecule has 5 heteroatoms. The molecular weight excluding hydrogens is 258 g/mol. The van der Waals surface area contributed by atoms with Crippen molar-refractivity contribution in [3.8, 4) is 0 Å². The number of hydrogen-bond acceptors (Lipinski definition) is 5. The Hall–Kier alpha value is -0.940. The molecule has 2 heterocycles. The van der Waals surface area contributed by atoms with Gasteiger partial charge in [-0.2, -0.15) is 0 Å². The lowest BCUT2D eigenvalue weighted by Gasteiger charge is -2.32. The van der Waals surface area contributed by atoms with Gasteiger partial charge in [-0.15, -0.1) is 0 Å². The van der Waals surface area contributed by atoms with E-state index in [-0.39, 0.29) is 11.2 Å². The molecule has 0 spiro atoms. The van der Waals surface area contributed by atoms with E-state index >= 15 is 0 Å². The Morgan fingerprint density at radius 2 is 1.79 bits per heavy atom. The summed E-state index contributed by atoms with van der Waals surface area (Å²) in [4.78, 5) is 22.0. The zero-order chi connectivity index (χ0) is 14.2. The molecule has 0 bridgehead atoms. The van der Waals surface area contributed by atoms with E-state index in [1.165, 1.54) is 0 Å². The Balaban J connectivity index is 2.30. The minimum atomic E-state index is -0.0810. The normalized spacial score (nSPS) is 17.8. The highest BCUT2D eigenvalue weighted by Gasteiger charge is 2.27. The molecule has 19 heavy (non-hydrogen) atoms. The van der Waals surface area contributed by atoms with Crippen LogP contribution in [0.2, 0.25) is 0 Å². The van der Waals surface area contributed by atoms with Crippen LogP contribution in [0.3, 0.4) is 0 Å². The highest BCUT2D eigenvalue weighted by atomic mass is 32.1. The predicted octanol–water partition coefficient (Wildman–Crippen LogP) is 2.40. The molecule has 1 aromatic heterocycles. The van der Waals surface area contributed by atoms with E-state index in [1.807, 2.05) is 0 Å². The van der Waals surface area contributed by atoms with Gasteiger partial charge in [-0.3, -0.25) is 4.79 Å². The summed E-state index contributed by atoms with van der Waals surface area (Å²) >= 11 is 1.55. The van der Waals surface area contributed by atoms with Crippen LogP contribution >= 0.6 is 11.3 Å². The molecule has 0 unspecified atom stereocenters. The van der Waals surface area contributed by atoms with Crippen molar-refractivity contribution in [2.45, 2.75) is 33.1 Å². The molecule has 4 nitrogen and oxygen atoms in total. The van der Waals surface area contributed by atoms with Gasteiger partial charge in [0, 0.05) is 38.5 Å². The molecule has 1 saturated heterocycles. The van der Waals surface area contributed by atoms with Gasteiger partial charge in [-0.05, 0) is 7.05 Å². The second-order valence-electron chi connectivity index (χ2n) is 6.27. The number of rotatable bonds is 2. The second-order valence-corrected chi connectivity index (χ2v) is 7.25. The fourth-order valence-corrected chi connectivity index (χ4v) is 3.41. The van der Waals surface area contributed by atoms with Gasteiger partial charge < -0.3 is 9.80 Å². The van der Waals surface area contributed by atoms with Crippen LogP contribution < -0.4 is 4.90 Å². The van der Waals surface area contributed by atoms with Crippen molar-refractivity contribution in [3.63, 3.8) is 0 Å². The van der Waals surface area contributed by atoms with Gasteiger partial charge in [-0.25, -0.2) is 4.98 Å². The van der Waals surface area contributed by atoms with Crippen molar-refractivity contribution in [3.05, 3.63) is 10.6 Å². The molecule has 0 atom stereocenters. The van der Waals surface area contributed by atoms with Gasteiger partial charge in [-0.1, -0.05) is 32.1 Å². The van der Waals surface area contributed by atoms with Gasteiger partial charge in [0.1, 0.15) is 0 Å². The number of thiazole rings is 1. The Morgan fingerprint density at radius 3 is 2.21 bits per heavy atom. The van der Waals surface area contributed by atoms with Crippen LogP contribution in [0.4, 0.5) is 5.13 Å². The smallest absolute Gasteiger partial charge is 0.186 e. The first-order valence-corrected chi connectivity index (χ1v) is 7.56. The van der Waals surface area contributed by atoms with Crippen LogP contribution in [-0.4, -0.2) is 48.9 Å². The molecule has 1 aromatic rings. The number of carbonyl (C=O) groups is 1. The van der Waals surface area contributed by atoms with Crippen molar-refractivity contribution in [2.24, 2.45) is 0 Å². The summed E-state index contributed by atoms with van der Waals surface area (Å²) in [5.74, 6) is 0.128. The maximum atomic E-state index is 11.8. The second kappa shape index (κ2) is 5.21. The Kier molecular flexibility index (Phi) is 3.97. The zero-order valence-electron chi connectivity index (χ0n) is 12.5. The van der Waals surface area contributed by atoms with Crippen LogP contribution in [0.25, 0.3) is 0 Å². The van der Waals surface area contributed by atoms with Crippen molar-refractivity contribution >= 4 is 22.3 Å². The first kappa shape index (κ1) is 14.5. The largest absolute Gasteiger partial charge is 0.346 e. The topological polar surface area (TPSA) is 36.4 Å². The summed E-state index contributed by atoms with van der Waals surface area (Å²) in [7, 11) is 2.14. The minimum absolute atomic E-state index is 0.0810. The number of ketones is 1. The Bertz CT molecular complexity index is 468. The predicted molar refractivity (Wildman–Crippen MR) is 80.5 cm³/mol. The molecule has 2 rings (SSSR count). The molecule has 1 aliphatic heterocycles. The average Bonchev–Trinajstić information content (AvgIpc) is 2.74. The molecule has 106 valence electrons. The van der Waals surface area contributed by atoms with Gasteiger partial charge in [0.2, 0.25) is 0 Å². The van der Waals surface area contributed by atoms with Crippen LogP contribution in [0.5, 0.6) is 0 Å². The van der Waals surface area contributed by atoms with E-state index in [0.29, 0.717) is 0 Å². The van der Waals surface area contributed by atoms with Crippen molar-refractivity contribution in [2.75, 3.05) is 38.1 Å². The number of hydrogen-bond donors (Lipinski definition) is 0. The first-order chi connectivity index (χ1) is 8.79. The zero-order valence-corrected chi connectivity index (χ0v) is 13.3. The highest BCUT2D eigenvalue weighted by molar-refractivity contribution is 7.17. The number of piperazine rings is 1. The molecule has 1 aliphatic rings. The van der Waals surface area contributed by atoms with Crippen LogP contribution in [0, 0.1) is 0 Å². The van der Waals surface area contributed by atoms with E-state index < -0.39 is 0 Å². The molecule has 0 aliphatic carbocycles. The number of nitrogens with zero attached hydrogens (tertiary/aromatic N) is 3. The lowest BCUT2D eigenvalue weighted by molar-refractivity contribution is 0.101. The SMILES string of the molecule is CC(=O)c1sc(N2CCN(C)CC2)nc1C(C)(C)C. The summed E-state index contributed by atoms with van der Waals surface area (Å²) in [5, 5.41) is 1.00. The highest BCUT2D eigenvalue weighted by Crippen LogP contribution is 2.34. The summed E-state index contributed by atoms with van der Waals surface area (Å²) in [6.45, 7) is 12.1. The van der Waals surface area contributed by atoms with E-state index in [4.69, 9.17) is 4.98 Å². The van der Waals surface area contributed by atoms with Crippen molar-refractivity contribution in [1.29, 1.82) is 0 Å². The summed E-state index contributed by atoms with van der Waals surface area (Å²) in [6.07, 6.45) is 0. The van der Waals surface area contributed by atoms with Gasteiger partial charge in [0.25, 0.3) is 0 Å². The van der Waals surface area contributed by atoms with Crippen molar-refractivity contribution in [1.82, 2.24) is 9.88 Å². The summed E-state index contributed by atoms with van der Waals surface area (Å²) in [5.41, 5.74) is 0.862. The number of aromatic nitrogens is 1. The van der Waals surface area contributed by atoms with Crippen molar-refractivity contribution < 1.29 is 4.79 Å². The summed E-state index contributed by atoms with van der Waals surface area (Å²) < 4.78 is 0. The summed E-state index contributed by atoms with van der Waals surface area (Å²) in [6, 6.07) is 0. The Labute approximate surface area is 119 Å². The average molecular weight is 281 g/mol. The quantitative estimate of drug-likeness (QED) is 0.780. The van der Waals surface area contributed by atoms with E-state index in [1.54, 1.807) is 18.3 Å². The molecule has 0 N–H and O–H groups in total. The standard InChI is InChI=1S/C14H23N3OS/c1-10(18)11-12(14(2,3)4)15-13(19-11)17-8-6-16(5)7-9-17/h6-9H2,1-5H3. The fraction of sp³-hybridized carbons (Fsp3) is 0.714. The van der Waals surface area contributed by atoms with E-state index in [2.05, 4.69) is 37.6 Å². The number of anilines is 1. The minimum Gasteiger partial charge on any atom is -0.346 e. The third kappa shape index (κ3) is 3.15. The number of likely N-dealkylation sites (N-methyl/N-ethyl adjacent to an activating group) is 1. The number of Topliss-reactive ketones (excluding diaryl/α,β-unsaturated/α-hetero) is 1. The third-order valence-electron chi connectivity index (χ3n) is 3.42. The van der Waals surface area contributed by atoms with Crippen LogP contribution in [0.15, 0.2) is 0 Å². The number of carbonyl (C=O) groups excluding carboxylic acids is 1. The fourth-order valence-electron chi connectivity index (χ4n) is 2.19. The molecule has 1 fully saturated rings. The third-order valence-corrected chi connectivity index (χ3v) is 4.64. The molecule has 0 amide bonds. The van der Waals surface area contributed by atoms with Gasteiger partial charge in [0.15, 0.2) is 10.9 Å². The molecule has 0 aromatic carbocycles. The first-order valence-electron chi connectivity index (χ1n) is 6.75. The lowest BCUT2D eigenvalue weighted by Crippen LogP contribution is -2.44. The molecule has 0 radical (unpaired) electrons. The monoisotopic (exact) mass is 281 g/mol. The maximum Gasteiger partial charge on any atom is 0.186 e. The van der Waals surface area contributed by atoms with Crippen LogP contribution in [-0.2, 0) is 5.41 Å². The molecule has 0 saturated carbocycles. The van der Waals surface area contributed by atoms with E-state index in [9.17, 15) is 4.79 Å². The van der Waals surface area contributed by atoms with Crippen LogP contribution in [0.1, 0.15) is 43.1 Å². The van der Waals surface area contributed by atoms with E-state index in [0.717, 1.165) is 41.9 Å². The lowest BCUT2D eigenvalue weighted by atomic mass is 9.91. The maximum absolute atomic E-state index is 11.8. The Morgan fingerprint density at radius 1 is 1.21 bits per heavy atom. The molecular formula is C14H23N3OS.